The van der Waals surface area contributed by atoms with Crippen LogP contribution in [0.1, 0.15) is 5.56 Å². The van der Waals surface area contributed by atoms with Crippen LogP contribution in [0.25, 0.3) is 71.7 Å². The van der Waals surface area contributed by atoms with Gasteiger partial charge in [-0.3, -0.25) is 0 Å². The maximum absolute atomic E-state index is 6.14. The third kappa shape index (κ3) is 3.42. The summed E-state index contributed by atoms with van der Waals surface area (Å²) in [5.41, 5.74) is 11.5. The molecule has 2 nitrogen and oxygen atoms in total. The molecule has 184 valence electrons. The van der Waals surface area contributed by atoms with E-state index in [1.807, 2.05) is 0 Å². The molecule has 0 saturated carbocycles. The van der Waals surface area contributed by atoms with E-state index in [0.717, 1.165) is 16.9 Å². The highest BCUT2D eigenvalue weighted by atomic mass is 16.3. The van der Waals surface area contributed by atoms with E-state index in [-0.39, 0.29) is 0 Å². The third-order valence-electron chi connectivity index (χ3n) is 7.92. The number of aryl methyl sites for hydroxylation is 1. The molecule has 0 radical (unpaired) electrons. The van der Waals surface area contributed by atoms with Crippen molar-refractivity contribution in [2.45, 2.75) is 6.92 Å². The Hall–Kier alpha value is -5.08. The molecule has 0 amide bonds. The second-order valence-electron chi connectivity index (χ2n) is 10.3. The van der Waals surface area contributed by atoms with Gasteiger partial charge < -0.3 is 8.98 Å². The van der Waals surface area contributed by atoms with Gasteiger partial charge in [0.2, 0.25) is 0 Å². The molecule has 2 aromatic heterocycles. The predicted octanol–water partition coefficient (Wildman–Crippen LogP) is 10.3. The fourth-order valence-corrected chi connectivity index (χ4v) is 6.07. The van der Waals surface area contributed by atoms with Crippen LogP contribution >= 0.6 is 0 Å². The lowest BCUT2D eigenvalue weighted by Gasteiger charge is -2.11. The first-order valence-electron chi connectivity index (χ1n) is 13.4. The molecular weight excluding hydrogens is 474 g/mol. The van der Waals surface area contributed by atoms with Gasteiger partial charge in [-0.05, 0) is 83.3 Å². The van der Waals surface area contributed by atoms with E-state index < -0.39 is 0 Å². The first-order valence-corrected chi connectivity index (χ1v) is 13.4. The Morgan fingerprint density at radius 3 is 2.05 bits per heavy atom. The summed E-state index contributed by atoms with van der Waals surface area (Å²) in [5.74, 6) is 0. The Bertz CT molecular complexity index is 2180. The van der Waals surface area contributed by atoms with Crippen LogP contribution in [0.3, 0.4) is 0 Å². The average Bonchev–Trinajstić information content (AvgIpc) is 3.53. The standard InChI is InChI=1S/C37H25NO/c1-24-9-7-16-36-37(24)32-23-28(18-20-35(32)39-36)27-17-19-34-31(22-27)30-14-5-6-15-33(30)38(34)29-13-8-12-26(21-29)25-10-3-2-4-11-25/h2-23H,1H3. The summed E-state index contributed by atoms with van der Waals surface area (Å²) in [5, 5.41) is 4.87. The number of aromatic nitrogens is 1. The van der Waals surface area contributed by atoms with E-state index in [9.17, 15) is 0 Å². The minimum atomic E-state index is 0.930. The van der Waals surface area contributed by atoms with E-state index in [0.29, 0.717) is 0 Å². The van der Waals surface area contributed by atoms with Crippen LogP contribution in [0.2, 0.25) is 0 Å². The summed E-state index contributed by atoms with van der Waals surface area (Å²) in [4.78, 5) is 0. The molecule has 0 N–H and O–H groups in total. The highest BCUT2D eigenvalue weighted by molar-refractivity contribution is 6.11. The Morgan fingerprint density at radius 1 is 0.462 bits per heavy atom. The van der Waals surface area contributed by atoms with Crippen molar-refractivity contribution in [1.29, 1.82) is 0 Å². The van der Waals surface area contributed by atoms with Crippen molar-refractivity contribution in [1.82, 2.24) is 4.57 Å². The molecule has 8 rings (SSSR count). The molecule has 39 heavy (non-hydrogen) atoms. The molecule has 0 aliphatic rings. The average molecular weight is 500 g/mol. The van der Waals surface area contributed by atoms with Gasteiger partial charge in [-0.1, -0.05) is 84.9 Å². The van der Waals surface area contributed by atoms with E-state index in [2.05, 4.69) is 145 Å². The molecule has 0 atom stereocenters. The summed E-state index contributed by atoms with van der Waals surface area (Å²) >= 11 is 0. The van der Waals surface area contributed by atoms with Gasteiger partial charge in [0, 0.05) is 27.2 Å². The number of hydrogen-bond donors (Lipinski definition) is 0. The lowest BCUT2D eigenvalue weighted by Crippen LogP contribution is -1.94. The van der Waals surface area contributed by atoms with Crippen LogP contribution in [0.15, 0.2) is 138 Å². The van der Waals surface area contributed by atoms with Crippen LogP contribution in [0.5, 0.6) is 0 Å². The van der Waals surface area contributed by atoms with Crippen molar-refractivity contribution in [2.75, 3.05) is 0 Å². The zero-order valence-corrected chi connectivity index (χ0v) is 21.6. The van der Waals surface area contributed by atoms with Crippen LogP contribution in [-0.2, 0) is 0 Å². The first-order chi connectivity index (χ1) is 19.2. The van der Waals surface area contributed by atoms with Gasteiger partial charge in [-0.15, -0.1) is 0 Å². The molecule has 2 heteroatoms. The number of para-hydroxylation sites is 1. The van der Waals surface area contributed by atoms with E-state index in [4.69, 9.17) is 4.42 Å². The number of furan rings is 1. The van der Waals surface area contributed by atoms with Crippen LogP contribution in [0.4, 0.5) is 0 Å². The molecule has 0 aliphatic heterocycles. The Labute approximate surface area is 226 Å². The number of benzene rings is 6. The highest BCUT2D eigenvalue weighted by Crippen LogP contribution is 2.38. The van der Waals surface area contributed by atoms with Crippen LogP contribution in [-0.4, -0.2) is 4.57 Å². The second-order valence-corrected chi connectivity index (χ2v) is 10.3. The minimum Gasteiger partial charge on any atom is -0.456 e. The van der Waals surface area contributed by atoms with Gasteiger partial charge in [0.1, 0.15) is 11.2 Å². The Kier molecular flexibility index (Phi) is 4.77. The topological polar surface area (TPSA) is 18.1 Å². The summed E-state index contributed by atoms with van der Waals surface area (Å²) in [7, 11) is 0. The molecule has 6 aromatic carbocycles. The second kappa shape index (κ2) is 8.47. The highest BCUT2D eigenvalue weighted by Gasteiger charge is 2.15. The van der Waals surface area contributed by atoms with E-state index in [1.54, 1.807) is 0 Å². The first kappa shape index (κ1) is 22.0. The quantitative estimate of drug-likeness (QED) is 0.236. The third-order valence-corrected chi connectivity index (χ3v) is 7.92. The molecule has 0 aliphatic carbocycles. The lowest BCUT2D eigenvalue weighted by atomic mass is 9.99. The van der Waals surface area contributed by atoms with Crippen LogP contribution < -0.4 is 0 Å². The van der Waals surface area contributed by atoms with Crippen molar-refractivity contribution >= 4 is 43.7 Å². The van der Waals surface area contributed by atoms with Crippen molar-refractivity contribution in [3.8, 4) is 27.9 Å². The molecule has 0 bridgehead atoms. The molecule has 0 saturated heterocycles. The van der Waals surface area contributed by atoms with Crippen molar-refractivity contribution in [2.24, 2.45) is 0 Å². The van der Waals surface area contributed by atoms with Crippen molar-refractivity contribution in [3.05, 3.63) is 139 Å². The van der Waals surface area contributed by atoms with Gasteiger partial charge in [0.15, 0.2) is 0 Å². The Morgan fingerprint density at radius 2 is 1.15 bits per heavy atom. The smallest absolute Gasteiger partial charge is 0.135 e. The molecule has 0 unspecified atom stereocenters. The van der Waals surface area contributed by atoms with E-state index >= 15 is 0 Å². The number of hydrogen-bond acceptors (Lipinski definition) is 1. The molecule has 2 heterocycles. The van der Waals surface area contributed by atoms with Crippen molar-refractivity contribution < 1.29 is 4.42 Å². The minimum absolute atomic E-state index is 0.930. The van der Waals surface area contributed by atoms with Gasteiger partial charge in [0.25, 0.3) is 0 Å². The summed E-state index contributed by atoms with van der Waals surface area (Å²) in [6.45, 7) is 2.15. The number of fused-ring (bicyclic) bond motifs is 6. The normalized spacial score (nSPS) is 11.7. The predicted molar refractivity (Wildman–Crippen MR) is 164 cm³/mol. The largest absolute Gasteiger partial charge is 0.456 e. The molecular formula is C37H25NO. The van der Waals surface area contributed by atoms with Gasteiger partial charge in [-0.2, -0.15) is 0 Å². The summed E-state index contributed by atoms with van der Waals surface area (Å²) < 4.78 is 8.53. The zero-order chi connectivity index (χ0) is 25.9. The summed E-state index contributed by atoms with van der Waals surface area (Å²) in [6.07, 6.45) is 0. The molecule has 0 spiro atoms. The van der Waals surface area contributed by atoms with Crippen molar-refractivity contribution in [3.63, 3.8) is 0 Å². The SMILES string of the molecule is Cc1cccc2oc3ccc(-c4ccc5c(c4)c4ccccc4n5-c4cccc(-c5ccccc5)c4)cc3c12. The van der Waals surface area contributed by atoms with E-state index in [1.165, 1.54) is 60.4 Å². The maximum Gasteiger partial charge on any atom is 0.135 e. The fraction of sp³-hybridized carbons (Fsp3) is 0.0270. The van der Waals surface area contributed by atoms with Gasteiger partial charge in [0.05, 0.1) is 11.0 Å². The number of nitrogens with zero attached hydrogens (tertiary/aromatic N) is 1. The maximum atomic E-state index is 6.14. The lowest BCUT2D eigenvalue weighted by molar-refractivity contribution is 0.669. The van der Waals surface area contributed by atoms with Gasteiger partial charge >= 0.3 is 0 Å². The van der Waals surface area contributed by atoms with Crippen LogP contribution in [0, 0.1) is 6.92 Å². The van der Waals surface area contributed by atoms with Gasteiger partial charge in [-0.25, -0.2) is 0 Å². The zero-order valence-electron chi connectivity index (χ0n) is 21.6. The fourth-order valence-electron chi connectivity index (χ4n) is 6.07. The monoisotopic (exact) mass is 499 g/mol. The molecule has 0 fully saturated rings. The molecule has 8 aromatic rings. The summed E-state index contributed by atoms with van der Waals surface area (Å²) in [6, 6.07) is 47.8. The Balaban J connectivity index is 1.33. The number of rotatable bonds is 3.